The summed E-state index contributed by atoms with van der Waals surface area (Å²) < 4.78 is 5.33. The van der Waals surface area contributed by atoms with Gasteiger partial charge < -0.3 is 10.1 Å². The molecule has 2 aromatic carbocycles. The second-order valence-electron chi connectivity index (χ2n) is 6.82. The van der Waals surface area contributed by atoms with Crippen LogP contribution in [0.2, 0.25) is 0 Å². The average Bonchev–Trinajstić information content (AvgIpc) is 3.32. The van der Waals surface area contributed by atoms with Gasteiger partial charge in [-0.25, -0.2) is 9.78 Å². The van der Waals surface area contributed by atoms with Crippen molar-refractivity contribution in [2.24, 2.45) is 0 Å². The van der Waals surface area contributed by atoms with Gasteiger partial charge in [0.1, 0.15) is 0 Å². The quantitative estimate of drug-likeness (QED) is 0.449. The average molecular weight is 417 g/mol. The van der Waals surface area contributed by atoms with E-state index in [1.54, 1.807) is 17.4 Å². The van der Waals surface area contributed by atoms with Gasteiger partial charge in [0, 0.05) is 15.8 Å². The molecule has 0 aliphatic heterocycles. The smallest absolute Gasteiger partial charge is 0.339 e. The van der Waals surface area contributed by atoms with Gasteiger partial charge in [-0.2, -0.15) is 0 Å². The van der Waals surface area contributed by atoms with E-state index in [2.05, 4.69) is 10.3 Å². The number of nitrogens with one attached hydrogen (secondary N) is 1. The zero-order valence-electron chi connectivity index (χ0n) is 16.4. The number of esters is 1. The molecule has 4 rings (SSSR count). The van der Waals surface area contributed by atoms with Crippen LogP contribution >= 0.6 is 11.3 Å². The molecular weight excluding hydrogens is 396 g/mol. The van der Waals surface area contributed by atoms with E-state index < -0.39 is 5.97 Å². The molecule has 0 spiro atoms. The molecule has 0 saturated carbocycles. The molecule has 1 amide bonds. The van der Waals surface area contributed by atoms with Crippen molar-refractivity contribution in [3.8, 4) is 11.3 Å². The van der Waals surface area contributed by atoms with Crippen LogP contribution in [0.1, 0.15) is 28.2 Å². The molecule has 1 N–H and O–H groups in total. The van der Waals surface area contributed by atoms with E-state index in [0.29, 0.717) is 22.2 Å². The van der Waals surface area contributed by atoms with Crippen LogP contribution in [0.5, 0.6) is 0 Å². The standard InChI is InChI=1S/C24H20N2O3S/c1-16(22-12-7-13-30-22)25-23(27)15-29-24(28)19-14-21(17-8-3-2-4-9-17)26-20-11-6-5-10-18(19)20/h2-14,16H,15H2,1H3,(H,25,27). The van der Waals surface area contributed by atoms with Crippen molar-refractivity contribution in [1.82, 2.24) is 10.3 Å². The summed E-state index contributed by atoms with van der Waals surface area (Å²) in [5, 5.41) is 5.49. The van der Waals surface area contributed by atoms with E-state index in [1.807, 2.05) is 79.0 Å². The summed E-state index contributed by atoms with van der Waals surface area (Å²) in [6.07, 6.45) is 0. The van der Waals surface area contributed by atoms with Crippen molar-refractivity contribution in [3.63, 3.8) is 0 Å². The summed E-state index contributed by atoms with van der Waals surface area (Å²) in [4.78, 5) is 30.8. The molecule has 2 aromatic heterocycles. The maximum atomic E-state index is 12.8. The minimum Gasteiger partial charge on any atom is -0.452 e. The number of amides is 1. The highest BCUT2D eigenvalue weighted by Crippen LogP contribution is 2.25. The summed E-state index contributed by atoms with van der Waals surface area (Å²) in [5.74, 6) is -0.893. The van der Waals surface area contributed by atoms with E-state index >= 15 is 0 Å². The van der Waals surface area contributed by atoms with Gasteiger partial charge in [-0.1, -0.05) is 54.6 Å². The zero-order chi connectivity index (χ0) is 20.9. The lowest BCUT2D eigenvalue weighted by Gasteiger charge is -2.13. The first kappa shape index (κ1) is 19.8. The molecule has 6 heteroatoms. The molecule has 0 saturated heterocycles. The molecule has 0 aliphatic rings. The SMILES string of the molecule is CC(NC(=O)COC(=O)c1cc(-c2ccccc2)nc2ccccc12)c1cccs1. The second kappa shape index (κ2) is 8.88. The first-order valence-corrected chi connectivity index (χ1v) is 10.4. The molecular formula is C24H20N2O3S. The molecule has 0 radical (unpaired) electrons. The molecule has 0 bridgehead atoms. The van der Waals surface area contributed by atoms with Crippen molar-refractivity contribution < 1.29 is 14.3 Å². The van der Waals surface area contributed by atoms with E-state index in [-0.39, 0.29) is 18.6 Å². The number of rotatable bonds is 6. The lowest BCUT2D eigenvalue weighted by atomic mass is 10.0. The molecule has 150 valence electrons. The second-order valence-corrected chi connectivity index (χ2v) is 7.80. The molecule has 0 fully saturated rings. The number of hydrogen-bond acceptors (Lipinski definition) is 5. The summed E-state index contributed by atoms with van der Waals surface area (Å²) in [6.45, 7) is 1.56. The minimum atomic E-state index is -0.551. The van der Waals surface area contributed by atoms with Gasteiger partial charge in [0.15, 0.2) is 6.61 Å². The van der Waals surface area contributed by atoms with Crippen molar-refractivity contribution >= 4 is 34.1 Å². The molecule has 4 aromatic rings. The first-order valence-electron chi connectivity index (χ1n) is 9.57. The number of pyridine rings is 1. The Hall–Kier alpha value is -3.51. The summed E-state index contributed by atoms with van der Waals surface area (Å²) in [5.41, 5.74) is 2.66. The maximum absolute atomic E-state index is 12.8. The Morgan fingerprint density at radius 2 is 1.80 bits per heavy atom. The fraction of sp³-hybridized carbons (Fsp3) is 0.125. The number of aromatic nitrogens is 1. The largest absolute Gasteiger partial charge is 0.452 e. The molecule has 0 aliphatic carbocycles. The number of nitrogens with zero attached hydrogens (tertiary/aromatic N) is 1. The van der Waals surface area contributed by atoms with Crippen LogP contribution in [-0.2, 0) is 9.53 Å². The van der Waals surface area contributed by atoms with Crippen molar-refractivity contribution in [3.05, 3.63) is 88.6 Å². The fourth-order valence-electron chi connectivity index (χ4n) is 3.20. The maximum Gasteiger partial charge on any atom is 0.339 e. The summed E-state index contributed by atoms with van der Waals surface area (Å²) in [7, 11) is 0. The Kier molecular flexibility index (Phi) is 5.86. The predicted octanol–water partition coefficient (Wildman–Crippen LogP) is 5.00. The van der Waals surface area contributed by atoms with Crippen LogP contribution in [0, 0.1) is 0 Å². The Bertz CT molecular complexity index is 1170. The van der Waals surface area contributed by atoms with Crippen LogP contribution in [0.4, 0.5) is 0 Å². The van der Waals surface area contributed by atoms with Gasteiger partial charge in [-0.05, 0) is 30.5 Å². The van der Waals surface area contributed by atoms with Crippen LogP contribution in [-0.4, -0.2) is 23.5 Å². The first-order chi connectivity index (χ1) is 14.6. The van der Waals surface area contributed by atoms with E-state index in [0.717, 1.165) is 10.4 Å². The topological polar surface area (TPSA) is 68.3 Å². The zero-order valence-corrected chi connectivity index (χ0v) is 17.2. The van der Waals surface area contributed by atoms with E-state index in [4.69, 9.17) is 4.74 Å². The normalized spacial score (nSPS) is 11.8. The van der Waals surface area contributed by atoms with E-state index in [1.165, 1.54) is 0 Å². The highest BCUT2D eigenvalue weighted by atomic mass is 32.1. The highest BCUT2D eigenvalue weighted by molar-refractivity contribution is 7.10. The van der Waals surface area contributed by atoms with Crippen LogP contribution in [0.3, 0.4) is 0 Å². The molecule has 5 nitrogen and oxygen atoms in total. The third kappa shape index (κ3) is 4.39. The number of carbonyl (C=O) groups excluding carboxylic acids is 2. The van der Waals surface area contributed by atoms with Gasteiger partial charge in [0.25, 0.3) is 5.91 Å². The van der Waals surface area contributed by atoms with Crippen LogP contribution in [0.25, 0.3) is 22.2 Å². The third-order valence-electron chi connectivity index (χ3n) is 4.69. The highest BCUT2D eigenvalue weighted by Gasteiger charge is 2.17. The van der Waals surface area contributed by atoms with E-state index in [9.17, 15) is 9.59 Å². The number of ether oxygens (including phenoxy) is 1. The van der Waals surface area contributed by atoms with Gasteiger partial charge in [-0.3, -0.25) is 4.79 Å². The van der Waals surface area contributed by atoms with Crippen molar-refractivity contribution in [2.75, 3.05) is 6.61 Å². The number of hydrogen-bond donors (Lipinski definition) is 1. The van der Waals surface area contributed by atoms with Crippen molar-refractivity contribution in [2.45, 2.75) is 13.0 Å². The van der Waals surface area contributed by atoms with Crippen LogP contribution < -0.4 is 5.32 Å². The Balaban J connectivity index is 1.53. The monoisotopic (exact) mass is 416 g/mol. The number of fused-ring (bicyclic) bond motifs is 1. The third-order valence-corrected chi connectivity index (χ3v) is 5.74. The van der Waals surface area contributed by atoms with Crippen molar-refractivity contribution in [1.29, 1.82) is 0 Å². The number of benzene rings is 2. The van der Waals surface area contributed by atoms with Gasteiger partial charge >= 0.3 is 5.97 Å². The Morgan fingerprint density at radius 1 is 1.03 bits per heavy atom. The van der Waals surface area contributed by atoms with Gasteiger partial charge in [0.2, 0.25) is 0 Å². The Labute approximate surface area is 178 Å². The number of thiophene rings is 1. The summed E-state index contributed by atoms with van der Waals surface area (Å²) in [6, 6.07) is 22.5. The molecule has 1 unspecified atom stereocenters. The van der Waals surface area contributed by atoms with Gasteiger partial charge in [0.05, 0.1) is 22.8 Å². The fourth-order valence-corrected chi connectivity index (χ4v) is 3.94. The Morgan fingerprint density at radius 3 is 2.57 bits per heavy atom. The lowest BCUT2D eigenvalue weighted by Crippen LogP contribution is -2.30. The van der Waals surface area contributed by atoms with Crippen LogP contribution in [0.15, 0.2) is 78.2 Å². The predicted molar refractivity (Wildman–Crippen MR) is 118 cm³/mol. The molecule has 1 atom stereocenters. The molecule has 2 heterocycles. The molecule has 30 heavy (non-hydrogen) atoms. The van der Waals surface area contributed by atoms with Gasteiger partial charge in [-0.15, -0.1) is 11.3 Å². The lowest BCUT2D eigenvalue weighted by molar-refractivity contribution is -0.124. The minimum absolute atomic E-state index is 0.136. The number of para-hydroxylation sites is 1. The number of carbonyl (C=O) groups is 2. The summed E-state index contributed by atoms with van der Waals surface area (Å²) >= 11 is 1.57.